The van der Waals surface area contributed by atoms with Gasteiger partial charge in [0.15, 0.2) is 0 Å². The first-order valence-electron chi connectivity index (χ1n) is 3.71. The molecule has 1 heterocycles. The number of rotatable bonds is 3. The Balaban J connectivity index is 2.33. The monoisotopic (exact) mass is 186 g/mol. The molecule has 4 amide bonds. The molecule has 0 unspecified atom stereocenters. The summed E-state index contributed by atoms with van der Waals surface area (Å²) < 4.78 is 0. The lowest BCUT2D eigenvalue weighted by molar-refractivity contribution is -0.122. The lowest BCUT2D eigenvalue weighted by atomic mass is 10.4. The zero-order valence-corrected chi connectivity index (χ0v) is 6.87. The maximum absolute atomic E-state index is 10.9. The smallest absolute Gasteiger partial charge is 0.315 e. The number of carbonyl (C=O) groups excluding carboxylic acids is 3. The first-order valence-corrected chi connectivity index (χ1v) is 3.71. The molecular weight excluding hydrogens is 176 g/mol. The second-order valence-electron chi connectivity index (χ2n) is 2.59. The van der Waals surface area contributed by atoms with Crippen molar-refractivity contribution in [1.82, 2.24) is 15.6 Å². The van der Waals surface area contributed by atoms with Crippen LogP contribution >= 0.6 is 0 Å². The molecule has 0 atom stereocenters. The quantitative estimate of drug-likeness (QED) is 0.203. The van der Waals surface area contributed by atoms with Gasteiger partial charge < -0.3 is 4.90 Å². The first-order chi connectivity index (χ1) is 6.13. The Morgan fingerprint density at radius 3 is 2.77 bits per heavy atom. The van der Waals surface area contributed by atoms with Crippen LogP contribution in [-0.2, 0) is 9.59 Å². The van der Waals surface area contributed by atoms with E-state index >= 15 is 0 Å². The highest BCUT2D eigenvalue weighted by Crippen LogP contribution is 1.98. The molecule has 0 aromatic rings. The van der Waals surface area contributed by atoms with Crippen molar-refractivity contribution in [1.29, 1.82) is 0 Å². The number of nitrogens with one attached hydrogen (secondary N) is 2. The van der Waals surface area contributed by atoms with Crippen molar-refractivity contribution in [3.05, 3.63) is 0 Å². The van der Waals surface area contributed by atoms with Gasteiger partial charge in [-0.2, -0.15) is 0 Å². The maximum Gasteiger partial charge on any atom is 0.324 e. The second kappa shape index (κ2) is 3.85. The molecule has 1 fully saturated rings. The summed E-state index contributed by atoms with van der Waals surface area (Å²) in [7, 11) is 0. The van der Waals surface area contributed by atoms with Crippen LogP contribution in [0.4, 0.5) is 4.79 Å². The third-order valence-corrected chi connectivity index (χ3v) is 1.64. The molecule has 7 heteroatoms. The standard InChI is InChI=1S/C6H10N4O3/c7-9-4(11)1-2-10-3-5(12)8-6(10)13/h1-3,7H2,(H,9,11)(H,8,12,13). The first kappa shape index (κ1) is 9.46. The van der Waals surface area contributed by atoms with E-state index in [1.54, 1.807) is 0 Å². The number of hydrogen-bond donors (Lipinski definition) is 3. The summed E-state index contributed by atoms with van der Waals surface area (Å²) in [5.41, 5.74) is 1.93. The van der Waals surface area contributed by atoms with Crippen molar-refractivity contribution in [2.75, 3.05) is 13.1 Å². The van der Waals surface area contributed by atoms with Gasteiger partial charge in [0.1, 0.15) is 6.54 Å². The Hall–Kier alpha value is -1.63. The van der Waals surface area contributed by atoms with Gasteiger partial charge in [-0.05, 0) is 0 Å². The molecule has 0 bridgehead atoms. The van der Waals surface area contributed by atoms with Gasteiger partial charge in [0.05, 0.1) is 0 Å². The predicted octanol–water partition coefficient (Wildman–Crippen LogP) is -2.08. The summed E-state index contributed by atoms with van der Waals surface area (Å²) in [5, 5.41) is 2.09. The molecule has 1 aliphatic heterocycles. The molecule has 0 spiro atoms. The third-order valence-electron chi connectivity index (χ3n) is 1.64. The number of carbonyl (C=O) groups is 3. The molecule has 1 saturated heterocycles. The molecular formula is C6H10N4O3. The Morgan fingerprint density at radius 1 is 1.62 bits per heavy atom. The fourth-order valence-electron chi connectivity index (χ4n) is 0.972. The number of amides is 4. The molecule has 0 radical (unpaired) electrons. The van der Waals surface area contributed by atoms with Crippen LogP contribution in [0.1, 0.15) is 6.42 Å². The van der Waals surface area contributed by atoms with Crippen molar-refractivity contribution in [3.63, 3.8) is 0 Å². The van der Waals surface area contributed by atoms with Gasteiger partial charge >= 0.3 is 6.03 Å². The summed E-state index contributed by atoms with van der Waals surface area (Å²) in [4.78, 5) is 33.5. The van der Waals surface area contributed by atoms with Crippen LogP contribution in [0.5, 0.6) is 0 Å². The van der Waals surface area contributed by atoms with Gasteiger partial charge in [-0.15, -0.1) is 0 Å². The van der Waals surface area contributed by atoms with Gasteiger partial charge in [0, 0.05) is 13.0 Å². The van der Waals surface area contributed by atoms with Crippen LogP contribution in [0.25, 0.3) is 0 Å². The van der Waals surface area contributed by atoms with Gasteiger partial charge in [0.25, 0.3) is 0 Å². The van der Waals surface area contributed by atoms with E-state index in [1.807, 2.05) is 5.43 Å². The minimum absolute atomic E-state index is 0.0106. The zero-order valence-electron chi connectivity index (χ0n) is 6.87. The number of hydrogen-bond acceptors (Lipinski definition) is 4. The van der Waals surface area contributed by atoms with Crippen LogP contribution in [0.15, 0.2) is 0 Å². The Morgan fingerprint density at radius 2 is 2.31 bits per heavy atom. The number of nitrogens with zero attached hydrogens (tertiary/aromatic N) is 1. The van der Waals surface area contributed by atoms with E-state index in [9.17, 15) is 14.4 Å². The van der Waals surface area contributed by atoms with Crippen molar-refractivity contribution >= 4 is 17.8 Å². The summed E-state index contributed by atoms with van der Waals surface area (Å²) in [6.07, 6.45) is 0.0944. The van der Waals surface area contributed by atoms with Gasteiger partial charge in [-0.25, -0.2) is 10.6 Å². The van der Waals surface area contributed by atoms with E-state index in [2.05, 4.69) is 5.32 Å². The molecule has 0 aliphatic carbocycles. The van der Waals surface area contributed by atoms with E-state index in [-0.39, 0.29) is 31.3 Å². The molecule has 7 nitrogen and oxygen atoms in total. The molecule has 0 aromatic carbocycles. The van der Waals surface area contributed by atoms with E-state index < -0.39 is 6.03 Å². The molecule has 13 heavy (non-hydrogen) atoms. The Labute approximate surface area is 74.2 Å². The molecule has 4 N–H and O–H groups in total. The fourth-order valence-corrected chi connectivity index (χ4v) is 0.972. The van der Waals surface area contributed by atoms with E-state index in [4.69, 9.17) is 5.84 Å². The highest BCUT2D eigenvalue weighted by Gasteiger charge is 2.26. The van der Waals surface area contributed by atoms with E-state index in [0.29, 0.717) is 0 Å². The number of imide groups is 1. The number of urea groups is 1. The topological polar surface area (TPSA) is 105 Å². The van der Waals surface area contributed by atoms with Crippen molar-refractivity contribution in [3.8, 4) is 0 Å². The zero-order chi connectivity index (χ0) is 9.84. The van der Waals surface area contributed by atoms with Crippen molar-refractivity contribution < 1.29 is 14.4 Å². The summed E-state index contributed by atoms with van der Waals surface area (Å²) in [6.45, 7) is 0.206. The van der Waals surface area contributed by atoms with Gasteiger partial charge in [-0.3, -0.25) is 20.3 Å². The van der Waals surface area contributed by atoms with Crippen LogP contribution in [0.3, 0.4) is 0 Å². The van der Waals surface area contributed by atoms with Crippen molar-refractivity contribution in [2.24, 2.45) is 5.84 Å². The molecule has 72 valence electrons. The summed E-state index contributed by atoms with van der Waals surface area (Å²) >= 11 is 0. The van der Waals surface area contributed by atoms with Crippen LogP contribution in [0, 0.1) is 0 Å². The lowest BCUT2D eigenvalue weighted by Gasteiger charge is -2.11. The highest BCUT2D eigenvalue weighted by atomic mass is 16.2. The fraction of sp³-hybridized carbons (Fsp3) is 0.500. The van der Waals surface area contributed by atoms with Gasteiger partial charge in [-0.1, -0.05) is 0 Å². The SMILES string of the molecule is NNC(=O)CCN1CC(=O)NC1=O. The van der Waals surface area contributed by atoms with Crippen LogP contribution in [-0.4, -0.2) is 35.8 Å². The molecule has 0 aromatic heterocycles. The average Bonchev–Trinajstić information content (AvgIpc) is 2.41. The molecule has 0 saturated carbocycles. The normalized spacial score (nSPS) is 15.9. The van der Waals surface area contributed by atoms with E-state index in [0.717, 1.165) is 0 Å². The summed E-state index contributed by atoms with van der Waals surface area (Å²) in [5.74, 6) is 4.12. The molecule has 1 aliphatic rings. The lowest BCUT2D eigenvalue weighted by Crippen LogP contribution is -2.35. The third kappa shape index (κ3) is 2.41. The summed E-state index contributed by atoms with van der Waals surface area (Å²) in [6, 6.07) is -0.463. The minimum Gasteiger partial charge on any atom is -0.315 e. The van der Waals surface area contributed by atoms with E-state index in [1.165, 1.54) is 4.90 Å². The Bertz CT molecular complexity index is 252. The molecule has 1 rings (SSSR count). The maximum atomic E-state index is 10.9. The minimum atomic E-state index is -0.463. The number of hydrazine groups is 1. The van der Waals surface area contributed by atoms with Crippen molar-refractivity contribution in [2.45, 2.75) is 6.42 Å². The van der Waals surface area contributed by atoms with Crippen LogP contribution in [0.2, 0.25) is 0 Å². The second-order valence-corrected chi connectivity index (χ2v) is 2.59. The number of nitrogens with two attached hydrogens (primary N) is 1. The van der Waals surface area contributed by atoms with Crippen LogP contribution < -0.4 is 16.6 Å². The predicted molar refractivity (Wildman–Crippen MR) is 42.1 cm³/mol. The average molecular weight is 186 g/mol. The van der Waals surface area contributed by atoms with Gasteiger partial charge in [0.2, 0.25) is 11.8 Å². The highest BCUT2D eigenvalue weighted by molar-refractivity contribution is 6.02. The Kier molecular flexibility index (Phi) is 2.80. The largest absolute Gasteiger partial charge is 0.324 e.